The van der Waals surface area contributed by atoms with E-state index in [1.54, 1.807) is 37.3 Å². The molecule has 0 spiro atoms. The van der Waals surface area contributed by atoms with Gasteiger partial charge in [0.2, 0.25) is 0 Å². The van der Waals surface area contributed by atoms with E-state index in [0.29, 0.717) is 22.0 Å². The van der Waals surface area contributed by atoms with E-state index in [2.05, 4.69) is 4.72 Å². The summed E-state index contributed by atoms with van der Waals surface area (Å²) in [7, 11) is -2.34. The van der Waals surface area contributed by atoms with E-state index in [0.717, 1.165) is 11.1 Å². The molecule has 0 aliphatic heterocycles. The zero-order valence-electron chi connectivity index (χ0n) is 14.5. The molecule has 0 aliphatic carbocycles. The first-order chi connectivity index (χ1) is 11.2. The van der Waals surface area contributed by atoms with Crippen molar-refractivity contribution in [2.75, 3.05) is 11.8 Å². The summed E-state index contributed by atoms with van der Waals surface area (Å²) >= 11 is 6.08. The van der Waals surface area contributed by atoms with Crippen LogP contribution < -0.4 is 9.46 Å². The second-order valence-electron chi connectivity index (χ2n) is 6.03. The number of halogens is 1. The molecule has 0 radical (unpaired) electrons. The summed E-state index contributed by atoms with van der Waals surface area (Å²) in [5, 5.41) is 0.508. The molecule has 0 heterocycles. The first-order valence-corrected chi connectivity index (χ1v) is 9.50. The lowest BCUT2D eigenvalue weighted by molar-refractivity contribution is 0.402. The standard InChI is InChI=1S/C18H22ClNO3S/c1-11(2)14-10-18(17(23-5)9-12(14)3)24(21,22)20-16-8-6-7-15(19)13(16)4/h6-11,20H,1-5H3. The molecule has 0 atom stereocenters. The molecule has 2 aromatic carbocycles. The van der Waals surface area contributed by atoms with Crippen LogP contribution in [0.1, 0.15) is 36.5 Å². The summed E-state index contributed by atoms with van der Waals surface area (Å²) in [6, 6.07) is 8.55. The topological polar surface area (TPSA) is 55.4 Å². The number of ether oxygens (including phenoxy) is 1. The number of aryl methyl sites for hydroxylation is 1. The van der Waals surface area contributed by atoms with Crippen molar-refractivity contribution < 1.29 is 13.2 Å². The van der Waals surface area contributed by atoms with E-state index in [9.17, 15) is 8.42 Å². The fraction of sp³-hybridized carbons (Fsp3) is 0.333. The summed E-state index contributed by atoms with van der Waals surface area (Å²) in [4.78, 5) is 0.124. The van der Waals surface area contributed by atoms with E-state index >= 15 is 0 Å². The first-order valence-electron chi connectivity index (χ1n) is 7.64. The number of methoxy groups -OCH3 is 1. The van der Waals surface area contributed by atoms with Gasteiger partial charge in [0.15, 0.2) is 0 Å². The van der Waals surface area contributed by atoms with Crippen LogP contribution in [0.5, 0.6) is 5.75 Å². The molecule has 130 valence electrons. The summed E-state index contributed by atoms with van der Waals surface area (Å²) in [6.45, 7) is 7.77. The summed E-state index contributed by atoms with van der Waals surface area (Å²) in [5.74, 6) is 0.529. The van der Waals surface area contributed by atoms with Crippen LogP contribution in [-0.4, -0.2) is 15.5 Å². The summed E-state index contributed by atoms with van der Waals surface area (Å²) < 4.78 is 33.7. The number of anilines is 1. The minimum atomic E-state index is -3.80. The molecule has 4 nitrogen and oxygen atoms in total. The van der Waals surface area contributed by atoms with Gasteiger partial charge in [-0.3, -0.25) is 4.72 Å². The highest BCUT2D eigenvalue weighted by Crippen LogP contribution is 2.33. The minimum Gasteiger partial charge on any atom is -0.495 e. The minimum absolute atomic E-state index is 0.124. The number of benzene rings is 2. The van der Waals surface area contributed by atoms with Crippen LogP contribution in [-0.2, 0) is 10.0 Å². The third kappa shape index (κ3) is 3.68. The van der Waals surface area contributed by atoms with Crippen LogP contribution in [0.4, 0.5) is 5.69 Å². The lowest BCUT2D eigenvalue weighted by atomic mass is 9.98. The zero-order chi connectivity index (χ0) is 18.1. The molecular formula is C18H22ClNO3S. The van der Waals surface area contributed by atoms with E-state index in [4.69, 9.17) is 16.3 Å². The van der Waals surface area contributed by atoms with Crippen molar-refractivity contribution in [3.05, 3.63) is 52.0 Å². The Hall–Kier alpha value is -1.72. The Morgan fingerprint density at radius 2 is 1.83 bits per heavy atom. The third-order valence-corrected chi connectivity index (χ3v) is 5.77. The van der Waals surface area contributed by atoms with Crippen molar-refractivity contribution in [1.82, 2.24) is 0 Å². The van der Waals surface area contributed by atoms with E-state index in [1.807, 2.05) is 20.8 Å². The Bertz CT molecular complexity index is 861. The van der Waals surface area contributed by atoms with Gasteiger partial charge < -0.3 is 4.74 Å². The van der Waals surface area contributed by atoms with Crippen molar-refractivity contribution in [1.29, 1.82) is 0 Å². The number of sulfonamides is 1. The van der Waals surface area contributed by atoms with Crippen LogP contribution in [0.2, 0.25) is 5.02 Å². The number of hydrogen-bond acceptors (Lipinski definition) is 3. The van der Waals surface area contributed by atoms with Gasteiger partial charge in [0.25, 0.3) is 10.0 Å². The number of nitrogens with one attached hydrogen (secondary N) is 1. The lowest BCUT2D eigenvalue weighted by Crippen LogP contribution is -2.16. The SMILES string of the molecule is COc1cc(C)c(C(C)C)cc1S(=O)(=O)Nc1cccc(Cl)c1C. The maximum absolute atomic E-state index is 12.9. The monoisotopic (exact) mass is 367 g/mol. The Balaban J connectivity index is 2.56. The van der Waals surface area contributed by atoms with Crippen molar-refractivity contribution in [3.8, 4) is 5.75 Å². The Morgan fingerprint density at radius 3 is 2.42 bits per heavy atom. The highest BCUT2D eigenvalue weighted by Gasteiger charge is 2.23. The van der Waals surface area contributed by atoms with Crippen LogP contribution in [0, 0.1) is 13.8 Å². The number of hydrogen-bond donors (Lipinski definition) is 1. The third-order valence-electron chi connectivity index (χ3n) is 3.98. The molecule has 0 aromatic heterocycles. The highest BCUT2D eigenvalue weighted by atomic mass is 35.5. The summed E-state index contributed by atoms with van der Waals surface area (Å²) in [5.41, 5.74) is 3.10. The molecule has 0 aliphatic rings. The van der Waals surface area contributed by atoms with Gasteiger partial charge in [-0.1, -0.05) is 31.5 Å². The highest BCUT2D eigenvalue weighted by molar-refractivity contribution is 7.92. The molecule has 24 heavy (non-hydrogen) atoms. The van der Waals surface area contributed by atoms with Gasteiger partial charge in [-0.15, -0.1) is 0 Å². The number of rotatable bonds is 5. The maximum atomic E-state index is 12.9. The van der Waals surface area contributed by atoms with Crippen LogP contribution >= 0.6 is 11.6 Å². The average Bonchev–Trinajstić information content (AvgIpc) is 2.50. The van der Waals surface area contributed by atoms with Crippen molar-refractivity contribution in [3.63, 3.8) is 0 Å². The Kier molecular flexibility index (Phi) is 5.45. The van der Waals surface area contributed by atoms with Gasteiger partial charge in [-0.05, 0) is 60.7 Å². The largest absolute Gasteiger partial charge is 0.495 e. The smallest absolute Gasteiger partial charge is 0.265 e. The molecular weight excluding hydrogens is 346 g/mol. The predicted molar refractivity (Wildman–Crippen MR) is 98.8 cm³/mol. The van der Waals surface area contributed by atoms with Crippen molar-refractivity contribution in [2.24, 2.45) is 0 Å². The second kappa shape index (κ2) is 7.03. The Morgan fingerprint density at radius 1 is 1.17 bits per heavy atom. The summed E-state index contributed by atoms with van der Waals surface area (Å²) in [6.07, 6.45) is 0. The molecule has 2 aromatic rings. The lowest BCUT2D eigenvalue weighted by Gasteiger charge is -2.17. The van der Waals surface area contributed by atoms with Gasteiger partial charge in [0.05, 0.1) is 12.8 Å². The van der Waals surface area contributed by atoms with Crippen LogP contribution in [0.3, 0.4) is 0 Å². The normalized spacial score (nSPS) is 11.6. The maximum Gasteiger partial charge on any atom is 0.265 e. The van der Waals surface area contributed by atoms with Crippen LogP contribution in [0.25, 0.3) is 0 Å². The van der Waals surface area contributed by atoms with Crippen molar-refractivity contribution >= 4 is 27.3 Å². The quantitative estimate of drug-likeness (QED) is 0.818. The van der Waals surface area contributed by atoms with Crippen molar-refractivity contribution in [2.45, 2.75) is 38.5 Å². The zero-order valence-corrected chi connectivity index (χ0v) is 16.0. The van der Waals surface area contributed by atoms with E-state index in [-0.39, 0.29) is 10.8 Å². The van der Waals surface area contributed by atoms with Gasteiger partial charge in [-0.25, -0.2) is 8.42 Å². The Labute approximate surface area is 148 Å². The second-order valence-corrected chi connectivity index (χ2v) is 8.09. The molecule has 0 bridgehead atoms. The molecule has 0 fully saturated rings. The predicted octanol–water partition coefficient (Wildman–Crippen LogP) is 4.89. The fourth-order valence-corrected chi connectivity index (χ4v) is 4.07. The fourth-order valence-electron chi connectivity index (χ4n) is 2.59. The van der Waals surface area contributed by atoms with Crippen LogP contribution in [0.15, 0.2) is 35.2 Å². The van der Waals surface area contributed by atoms with Gasteiger partial charge >= 0.3 is 0 Å². The van der Waals surface area contributed by atoms with Gasteiger partial charge in [0, 0.05) is 5.02 Å². The molecule has 0 saturated heterocycles. The van der Waals surface area contributed by atoms with Gasteiger partial charge in [-0.2, -0.15) is 0 Å². The average molecular weight is 368 g/mol. The molecule has 2 rings (SSSR count). The van der Waals surface area contributed by atoms with E-state index < -0.39 is 10.0 Å². The van der Waals surface area contributed by atoms with E-state index in [1.165, 1.54) is 7.11 Å². The van der Waals surface area contributed by atoms with Gasteiger partial charge in [0.1, 0.15) is 10.6 Å². The first kappa shape index (κ1) is 18.6. The molecule has 0 amide bonds. The molecule has 0 unspecified atom stereocenters. The molecule has 0 saturated carbocycles. The molecule has 1 N–H and O–H groups in total. The molecule has 6 heteroatoms.